The number of nitrogens with zero attached hydrogens (tertiary/aromatic N) is 1. The Bertz CT molecular complexity index is 361. The highest BCUT2D eigenvalue weighted by Gasteiger charge is 2.31. The van der Waals surface area contributed by atoms with Gasteiger partial charge in [0.15, 0.2) is 0 Å². The summed E-state index contributed by atoms with van der Waals surface area (Å²) in [5.74, 6) is 0. The van der Waals surface area contributed by atoms with E-state index >= 15 is 0 Å². The molecule has 2 heterocycles. The van der Waals surface area contributed by atoms with E-state index in [0.29, 0.717) is 12.1 Å². The Kier molecular flexibility index (Phi) is 2.26. The van der Waals surface area contributed by atoms with Gasteiger partial charge < -0.3 is 5.73 Å². The van der Waals surface area contributed by atoms with E-state index in [4.69, 9.17) is 5.73 Å². The Balaban J connectivity index is 1.96. The third-order valence-corrected chi connectivity index (χ3v) is 3.84. The van der Waals surface area contributed by atoms with Crippen LogP contribution in [0, 0.1) is 0 Å². The summed E-state index contributed by atoms with van der Waals surface area (Å²) >= 11 is 0. The van der Waals surface area contributed by atoms with Crippen molar-refractivity contribution in [1.29, 1.82) is 0 Å². The largest absolute Gasteiger partial charge is 0.328 e. The molecule has 1 aromatic carbocycles. The molecule has 2 atom stereocenters. The van der Waals surface area contributed by atoms with Crippen LogP contribution in [0.5, 0.6) is 0 Å². The number of benzene rings is 1. The lowest BCUT2D eigenvalue weighted by molar-refractivity contribution is 0.126. The van der Waals surface area contributed by atoms with Gasteiger partial charge in [-0.05, 0) is 30.4 Å². The molecule has 0 aromatic heterocycles. The molecule has 15 heavy (non-hydrogen) atoms. The van der Waals surface area contributed by atoms with Crippen LogP contribution in [0.2, 0.25) is 0 Å². The molecule has 0 aliphatic carbocycles. The van der Waals surface area contributed by atoms with Gasteiger partial charge in [-0.25, -0.2) is 0 Å². The van der Waals surface area contributed by atoms with Crippen LogP contribution in [0.4, 0.5) is 0 Å². The summed E-state index contributed by atoms with van der Waals surface area (Å²) in [5, 5.41) is 0. The fraction of sp³-hybridized carbons (Fsp3) is 0.538. The van der Waals surface area contributed by atoms with Crippen molar-refractivity contribution in [2.75, 3.05) is 13.1 Å². The molecule has 1 aromatic rings. The first-order valence-corrected chi connectivity index (χ1v) is 5.92. The molecule has 1 fully saturated rings. The molecule has 3 rings (SSSR count). The van der Waals surface area contributed by atoms with E-state index in [9.17, 15) is 0 Å². The number of hydrogen-bond donors (Lipinski definition) is 1. The van der Waals surface area contributed by atoms with Crippen LogP contribution in [-0.2, 0) is 6.42 Å². The summed E-state index contributed by atoms with van der Waals surface area (Å²) in [5.41, 5.74) is 9.13. The average molecular weight is 202 g/mol. The van der Waals surface area contributed by atoms with Crippen molar-refractivity contribution in [2.45, 2.75) is 31.3 Å². The molecule has 0 saturated carbocycles. The highest BCUT2D eigenvalue weighted by atomic mass is 15.2. The number of nitrogens with two attached hydrogens (primary N) is 1. The number of fused-ring (bicyclic) bond motifs is 3. The van der Waals surface area contributed by atoms with Gasteiger partial charge in [0, 0.05) is 25.2 Å². The molecule has 0 bridgehead atoms. The summed E-state index contributed by atoms with van der Waals surface area (Å²) in [6, 6.07) is 9.85. The second-order valence-electron chi connectivity index (χ2n) is 4.79. The maximum Gasteiger partial charge on any atom is 0.0365 e. The fourth-order valence-electron chi connectivity index (χ4n) is 2.98. The predicted molar refractivity (Wildman–Crippen MR) is 61.7 cm³/mol. The third kappa shape index (κ3) is 1.58. The molecule has 0 unspecified atom stereocenters. The normalized spacial score (nSPS) is 30.7. The minimum Gasteiger partial charge on any atom is -0.328 e. The Labute approximate surface area is 91.1 Å². The van der Waals surface area contributed by atoms with E-state index in [0.717, 1.165) is 6.42 Å². The molecule has 0 amide bonds. The molecule has 2 aliphatic heterocycles. The van der Waals surface area contributed by atoms with Gasteiger partial charge in [-0.2, -0.15) is 0 Å². The lowest BCUT2D eigenvalue weighted by atomic mass is 9.85. The van der Waals surface area contributed by atoms with Gasteiger partial charge in [-0.1, -0.05) is 24.3 Å². The van der Waals surface area contributed by atoms with Crippen LogP contribution in [0.3, 0.4) is 0 Å². The van der Waals surface area contributed by atoms with Crippen LogP contribution in [0.1, 0.15) is 30.0 Å². The molecule has 2 aliphatic rings. The fourth-order valence-corrected chi connectivity index (χ4v) is 2.98. The third-order valence-electron chi connectivity index (χ3n) is 3.84. The number of rotatable bonds is 0. The van der Waals surface area contributed by atoms with Crippen molar-refractivity contribution < 1.29 is 0 Å². The first-order chi connectivity index (χ1) is 7.34. The highest BCUT2D eigenvalue weighted by molar-refractivity contribution is 5.33. The molecular formula is C13H18N2. The monoisotopic (exact) mass is 202 g/mol. The van der Waals surface area contributed by atoms with Gasteiger partial charge in [0.25, 0.3) is 0 Å². The Morgan fingerprint density at radius 1 is 1.20 bits per heavy atom. The number of hydrogen-bond acceptors (Lipinski definition) is 2. The van der Waals surface area contributed by atoms with E-state index in [-0.39, 0.29) is 0 Å². The lowest BCUT2D eigenvalue weighted by Crippen LogP contribution is -2.45. The quantitative estimate of drug-likeness (QED) is 0.694. The van der Waals surface area contributed by atoms with Crippen LogP contribution in [0.15, 0.2) is 24.3 Å². The van der Waals surface area contributed by atoms with E-state index in [1.807, 2.05) is 0 Å². The maximum absolute atomic E-state index is 6.07. The van der Waals surface area contributed by atoms with Crippen molar-refractivity contribution in [3.8, 4) is 0 Å². The molecular weight excluding hydrogens is 184 g/mol. The molecule has 2 nitrogen and oxygen atoms in total. The van der Waals surface area contributed by atoms with Crippen molar-refractivity contribution in [1.82, 2.24) is 4.90 Å². The second kappa shape index (κ2) is 3.62. The maximum atomic E-state index is 6.07. The van der Waals surface area contributed by atoms with E-state index in [1.54, 1.807) is 0 Å². The van der Waals surface area contributed by atoms with Gasteiger partial charge in [0.1, 0.15) is 0 Å². The van der Waals surface area contributed by atoms with Crippen molar-refractivity contribution in [2.24, 2.45) is 5.73 Å². The highest BCUT2D eigenvalue weighted by Crippen LogP contribution is 2.35. The SMILES string of the molecule is N[C@@H]1CCN2CCc3ccccc3[C@H]2C1. The summed E-state index contributed by atoms with van der Waals surface area (Å²) in [6.07, 6.45) is 3.51. The molecule has 2 heteroatoms. The zero-order valence-corrected chi connectivity index (χ0v) is 9.02. The minimum absolute atomic E-state index is 0.400. The summed E-state index contributed by atoms with van der Waals surface area (Å²) in [4.78, 5) is 2.60. The summed E-state index contributed by atoms with van der Waals surface area (Å²) < 4.78 is 0. The summed E-state index contributed by atoms with van der Waals surface area (Å²) in [6.45, 7) is 2.40. The van der Waals surface area contributed by atoms with Crippen molar-refractivity contribution in [3.05, 3.63) is 35.4 Å². The average Bonchev–Trinajstić information content (AvgIpc) is 2.29. The van der Waals surface area contributed by atoms with E-state index < -0.39 is 0 Å². The lowest BCUT2D eigenvalue weighted by Gasteiger charge is -2.42. The predicted octanol–water partition coefficient (Wildman–Crippen LogP) is 1.71. The molecule has 0 spiro atoms. The van der Waals surface area contributed by atoms with Gasteiger partial charge in [0.05, 0.1) is 0 Å². The zero-order valence-electron chi connectivity index (χ0n) is 9.02. The van der Waals surface area contributed by atoms with Crippen molar-refractivity contribution in [3.63, 3.8) is 0 Å². The number of piperidine rings is 1. The van der Waals surface area contributed by atoms with Crippen molar-refractivity contribution >= 4 is 0 Å². The van der Waals surface area contributed by atoms with Gasteiger partial charge in [0.2, 0.25) is 0 Å². The van der Waals surface area contributed by atoms with Gasteiger partial charge in [-0.3, -0.25) is 4.90 Å². The molecule has 1 saturated heterocycles. The molecule has 2 N–H and O–H groups in total. The summed E-state index contributed by atoms with van der Waals surface area (Å²) in [7, 11) is 0. The minimum atomic E-state index is 0.400. The first-order valence-electron chi connectivity index (χ1n) is 5.92. The second-order valence-corrected chi connectivity index (χ2v) is 4.79. The zero-order chi connectivity index (χ0) is 10.3. The van der Waals surface area contributed by atoms with Crippen LogP contribution >= 0.6 is 0 Å². The van der Waals surface area contributed by atoms with Crippen LogP contribution in [-0.4, -0.2) is 24.0 Å². The molecule has 80 valence electrons. The van der Waals surface area contributed by atoms with Gasteiger partial charge >= 0.3 is 0 Å². The van der Waals surface area contributed by atoms with E-state index in [2.05, 4.69) is 29.2 Å². The topological polar surface area (TPSA) is 29.3 Å². The standard InChI is InChI=1S/C13H18N2/c14-11-6-8-15-7-5-10-3-1-2-4-12(10)13(15)9-11/h1-4,11,13H,5-9,14H2/t11-,13-/m1/s1. The van der Waals surface area contributed by atoms with Crippen LogP contribution in [0.25, 0.3) is 0 Å². The Morgan fingerprint density at radius 3 is 3.00 bits per heavy atom. The Hall–Kier alpha value is -0.860. The smallest absolute Gasteiger partial charge is 0.0365 e. The first kappa shape index (κ1) is 9.37. The van der Waals surface area contributed by atoms with Gasteiger partial charge in [-0.15, -0.1) is 0 Å². The van der Waals surface area contributed by atoms with Crippen LogP contribution < -0.4 is 5.73 Å². The Morgan fingerprint density at radius 2 is 2.07 bits per heavy atom. The molecule has 0 radical (unpaired) electrons. The van der Waals surface area contributed by atoms with E-state index in [1.165, 1.54) is 37.1 Å².